The van der Waals surface area contributed by atoms with Crippen molar-refractivity contribution in [1.82, 2.24) is 4.31 Å². The maximum absolute atomic E-state index is 12.5. The molecule has 0 N–H and O–H groups in total. The summed E-state index contributed by atoms with van der Waals surface area (Å²) in [5, 5.41) is 8.77. The largest absolute Gasteiger partial charge is 0.252 e. The van der Waals surface area contributed by atoms with Crippen LogP contribution >= 0.6 is 11.3 Å². The smallest absolute Gasteiger partial charge is 0.206 e. The van der Waals surface area contributed by atoms with Crippen molar-refractivity contribution in [3.8, 4) is 6.07 Å². The van der Waals surface area contributed by atoms with Crippen LogP contribution in [0.15, 0.2) is 16.3 Å². The van der Waals surface area contributed by atoms with Gasteiger partial charge in [0.05, 0.1) is 0 Å². The molecule has 0 spiro atoms. The summed E-state index contributed by atoms with van der Waals surface area (Å²) >= 11 is 1.04. The van der Waals surface area contributed by atoms with E-state index in [1.165, 1.54) is 6.07 Å². The van der Waals surface area contributed by atoms with Crippen molar-refractivity contribution in [2.45, 2.75) is 36.9 Å². The highest BCUT2D eigenvalue weighted by Crippen LogP contribution is 2.33. The van der Waals surface area contributed by atoms with E-state index in [2.05, 4.69) is 0 Å². The monoisotopic (exact) mass is 284 g/mol. The molecule has 0 aromatic carbocycles. The van der Waals surface area contributed by atoms with Crippen molar-refractivity contribution in [3.63, 3.8) is 0 Å². The summed E-state index contributed by atoms with van der Waals surface area (Å²) in [6.07, 6.45) is 2.24. The average Bonchev–Trinajstić information content (AvgIpc) is 2.99. The Hall–Kier alpha value is -0.900. The molecule has 4 nitrogen and oxygen atoms in total. The Kier molecular flexibility index (Phi) is 3.76. The molecule has 1 aliphatic rings. The van der Waals surface area contributed by atoms with Gasteiger partial charge in [-0.25, -0.2) is 8.42 Å². The van der Waals surface area contributed by atoms with Gasteiger partial charge in [-0.3, -0.25) is 0 Å². The first-order valence-electron chi connectivity index (χ1n) is 5.97. The predicted molar refractivity (Wildman–Crippen MR) is 70.8 cm³/mol. The molecule has 0 aliphatic heterocycles. The first kappa shape index (κ1) is 13.5. The van der Waals surface area contributed by atoms with Crippen molar-refractivity contribution in [2.24, 2.45) is 5.92 Å². The number of nitrogens with zero attached hydrogens (tertiary/aromatic N) is 2. The molecule has 18 heavy (non-hydrogen) atoms. The molecule has 0 amide bonds. The van der Waals surface area contributed by atoms with E-state index < -0.39 is 10.0 Å². The molecule has 1 heterocycles. The summed E-state index contributed by atoms with van der Waals surface area (Å²) in [4.78, 5) is 0.434. The van der Waals surface area contributed by atoms with Crippen LogP contribution in [0.4, 0.5) is 0 Å². The van der Waals surface area contributed by atoms with Crippen molar-refractivity contribution in [1.29, 1.82) is 5.26 Å². The highest BCUT2D eigenvalue weighted by molar-refractivity contribution is 7.91. The Labute approximate surface area is 112 Å². The molecular weight excluding hydrogens is 268 g/mol. The number of hydrogen-bond donors (Lipinski definition) is 0. The Balaban J connectivity index is 2.29. The molecule has 0 unspecified atom stereocenters. The Morgan fingerprint density at radius 2 is 2.17 bits per heavy atom. The lowest BCUT2D eigenvalue weighted by Gasteiger charge is -2.25. The molecule has 98 valence electrons. The number of nitriles is 1. The lowest BCUT2D eigenvalue weighted by Crippen LogP contribution is -2.38. The van der Waals surface area contributed by atoms with E-state index in [1.807, 2.05) is 19.9 Å². The molecule has 1 saturated carbocycles. The van der Waals surface area contributed by atoms with E-state index in [1.54, 1.807) is 10.4 Å². The SMILES string of the molecule is CC(C)N(CC1CC1)S(=O)(=O)c1ccc(C#N)s1. The van der Waals surface area contributed by atoms with Crippen LogP contribution in [-0.4, -0.2) is 25.3 Å². The molecule has 1 aromatic heterocycles. The van der Waals surface area contributed by atoms with Crippen molar-refractivity contribution in [2.75, 3.05) is 6.54 Å². The summed E-state index contributed by atoms with van der Waals surface area (Å²) in [5.41, 5.74) is 0. The fraction of sp³-hybridized carbons (Fsp3) is 0.583. The molecule has 0 atom stereocenters. The van der Waals surface area contributed by atoms with E-state index in [9.17, 15) is 8.42 Å². The fourth-order valence-electron chi connectivity index (χ4n) is 1.78. The molecule has 0 saturated heterocycles. The highest BCUT2D eigenvalue weighted by atomic mass is 32.2. The van der Waals surface area contributed by atoms with Gasteiger partial charge in [0.1, 0.15) is 15.2 Å². The van der Waals surface area contributed by atoms with Gasteiger partial charge in [-0.05, 0) is 44.7 Å². The normalized spacial score (nSPS) is 16.2. The van der Waals surface area contributed by atoms with Crippen LogP contribution in [0.2, 0.25) is 0 Å². The first-order valence-corrected chi connectivity index (χ1v) is 8.22. The second-order valence-electron chi connectivity index (χ2n) is 4.84. The van der Waals surface area contributed by atoms with Crippen LogP contribution in [0.5, 0.6) is 0 Å². The van der Waals surface area contributed by atoms with Gasteiger partial charge >= 0.3 is 0 Å². The second kappa shape index (κ2) is 5.00. The molecular formula is C12H16N2O2S2. The van der Waals surface area contributed by atoms with E-state index in [4.69, 9.17) is 5.26 Å². The fourth-order valence-corrected chi connectivity index (χ4v) is 4.72. The quantitative estimate of drug-likeness (QED) is 0.834. The van der Waals surface area contributed by atoms with Crippen LogP contribution in [0.3, 0.4) is 0 Å². The summed E-state index contributed by atoms with van der Waals surface area (Å²) in [7, 11) is -3.44. The molecule has 6 heteroatoms. The maximum atomic E-state index is 12.5. The number of thiophene rings is 1. The minimum absolute atomic E-state index is 0.0526. The van der Waals surface area contributed by atoms with Crippen LogP contribution in [0, 0.1) is 17.2 Å². The standard InChI is InChI=1S/C12H16N2O2S2/c1-9(2)14(8-10-3-4-10)18(15,16)12-6-5-11(7-13)17-12/h5-6,9-10H,3-4,8H2,1-2H3. The van der Waals surface area contributed by atoms with Crippen LogP contribution < -0.4 is 0 Å². The summed E-state index contributed by atoms with van der Waals surface area (Å²) in [6.45, 7) is 4.37. The molecule has 1 fully saturated rings. The topological polar surface area (TPSA) is 61.2 Å². The number of rotatable bonds is 5. The molecule has 0 bridgehead atoms. The Bertz CT molecular complexity index is 565. The van der Waals surface area contributed by atoms with Crippen molar-refractivity contribution >= 4 is 21.4 Å². The van der Waals surface area contributed by atoms with Gasteiger partial charge in [-0.15, -0.1) is 11.3 Å². The molecule has 0 radical (unpaired) electrons. The van der Waals surface area contributed by atoms with Crippen molar-refractivity contribution < 1.29 is 8.42 Å². The number of hydrogen-bond acceptors (Lipinski definition) is 4. The molecule has 2 rings (SSSR count). The van der Waals surface area contributed by atoms with Gasteiger partial charge < -0.3 is 0 Å². The molecule has 1 aliphatic carbocycles. The average molecular weight is 284 g/mol. The molecule has 1 aromatic rings. The highest BCUT2D eigenvalue weighted by Gasteiger charge is 2.34. The third-order valence-corrected chi connectivity index (χ3v) is 6.46. The second-order valence-corrected chi connectivity index (χ2v) is 8.04. The van der Waals surface area contributed by atoms with Crippen LogP contribution in [0.25, 0.3) is 0 Å². The van der Waals surface area contributed by atoms with Gasteiger partial charge in [0.2, 0.25) is 0 Å². The van der Waals surface area contributed by atoms with Crippen LogP contribution in [0.1, 0.15) is 31.6 Å². The lowest BCUT2D eigenvalue weighted by molar-refractivity contribution is 0.342. The van der Waals surface area contributed by atoms with E-state index in [0.29, 0.717) is 17.3 Å². The van der Waals surface area contributed by atoms with Gasteiger partial charge in [0.15, 0.2) is 0 Å². The maximum Gasteiger partial charge on any atom is 0.252 e. The lowest BCUT2D eigenvalue weighted by atomic mass is 10.3. The van der Waals surface area contributed by atoms with E-state index >= 15 is 0 Å². The minimum Gasteiger partial charge on any atom is -0.206 e. The van der Waals surface area contributed by atoms with Gasteiger partial charge in [-0.1, -0.05) is 0 Å². The first-order chi connectivity index (χ1) is 8.45. The third-order valence-electron chi connectivity index (χ3n) is 2.97. The zero-order valence-corrected chi connectivity index (χ0v) is 12.1. The van der Waals surface area contributed by atoms with Gasteiger partial charge in [0.25, 0.3) is 10.0 Å². The summed E-state index contributed by atoms with van der Waals surface area (Å²) in [5.74, 6) is 0.512. The number of sulfonamides is 1. The van der Waals surface area contributed by atoms with Gasteiger partial charge in [-0.2, -0.15) is 9.57 Å². The zero-order chi connectivity index (χ0) is 13.3. The minimum atomic E-state index is -3.44. The third kappa shape index (κ3) is 2.74. The van der Waals surface area contributed by atoms with E-state index in [-0.39, 0.29) is 10.3 Å². The van der Waals surface area contributed by atoms with E-state index in [0.717, 1.165) is 24.2 Å². The zero-order valence-electron chi connectivity index (χ0n) is 10.5. The predicted octanol–water partition coefficient (Wildman–Crippen LogP) is 2.43. The summed E-state index contributed by atoms with van der Waals surface area (Å²) in [6, 6.07) is 5.02. The Morgan fingerprint density at radius 3 is 2.61 bits per heavy atom. The van der Waals surface area contributed by atoms with Crippen molar-refractivity contribution in [3.05, 3.63) is 17.0 Å². The Morgan fingerprint density at radius 1 is 1.50 bits per heavy atom. The summed E-state index contributed by atoms with van der Waals surface area (Å²) < 4.78 is 26.8. The van der Waals surface area contributed by atoms with Gasteiger partial charge in [0, 0.05) is 12.6 Å². The van der Waals surface area contributed by atoms with Crippen LogP contribution in [-0.2, 0) is 10.0 Å².